The highest BCUT2D eigenvalue weighted by atomic mass is 14.9. The number of nitrogens with one attached hydrogen (secondary N) is 6. The molecule has 12 heteroatoms. The van der Waals surface area contributed by atoms with Crippen molar-refractivity contribution in [1.82, 2.24) is 59.8 Å². The van der Waals surface area contributed by atoms with Crippen molar-refractivity contribution < 1.29 is 0 Å². The lowest BCUT2D eigenvalue weighted by molar-refractivity contribution is 1.28. The molecule has 238 valence electrons. The molecule has 0 fully saturated rings. The van der Waals surface area contributed by atoms with E-state index >= 15 is 0 Å². The van der Waals surface area contributed by atoms with Gasteiger partial charge in [-0.05, 0) is 60.2 Å². The smallest absolute Gasteiger partial charge is 0.0927 e. The fourth-order valence-electron chi connectivity index (χ4n) is 6.72. The van der Waals surface area contributed by atoms with E-state index in [4.69, 9.17) is 15.0 Å². The number of rotatable bonds is 5. The van der Waals surface area contributed by atoms with Gasteiger partial charge >= 0.3 is 0 Å². The van der Waals surface area contributed by atoms with Crippen LogP contribution in [-0.2, 0) is 0 Å². The van der Waals surface area contributed by atoms with Gasteiger partial charge in [-0.3, -0.25) is 0 Å². The van der Waals surface area contributed by atoms with Gasteiger partial charge in [-0.1, -0.05) is 18.2 Å². The number of aromatic amines is 6. The Morgan fingerprint density at radius 2 is 1.02 bits per heavy atom. The van der Waals surface area contributed by atoms with Crippen molar-refractivity contribution in [3.8, 4) is 56.2 Å². The van der Waals surface area contributed by atoms with Crippen molar-refractivity contribution in [2.75, 3.05) is 0 Å². The minimum Gasteiger partial charge on any atom is -0.354 e. The first-order chi connectivity index (χ1) is 24.7. The molecule has 0 aliphatic carbocycles. The molecule has 2 aliphatic heterocycles. The minimum atomic E-state index is 0.754. The van der Waals surface area contributed by atoms with Crippen molar-refractivity contribution in [3.63, 3.8) is 0 Å². The van der Waals surface area contributed by atoms with Crippen molar-refractivity contribution in [1.29, 1.82) is 0 Å². The molecule has 0 atom stereocenters. The van der Waals surface area contributed by atoms with E-state index in [0.29, 0.717) is 0 Å². The molecule has 9 heterocycles. The van der Waals surface area contributed by atoms with Crippen LogP contribution in [0.3, 0.4) is 0 Å². The summed E-state index contributed by atoms with van der Waals surface area (Å²) in [4.78, 5) is 48.6. The summed E-state index contributed by atoms with van der Waals surface area (Å²) in [6.45, 7) is 0. The van der Waals surface area contributed by atoms with E-state index in [1.165, 1.54) is 0 Å². The fraction of sp³-hybridized carbons (Fsp3) is 0. The summed E-state index contributed by atoms with van der Waals surface area (Å²) in [7, 11) is 0. The Bertz CT molecular complexity index is 2740. The highest BCUT2D eigenvalue weighted by Crippen LogP contribution is 2.38. The summed E-state index contributed by atoms with van der Waals surface area (Å²) >= 11 is 0. The summed E-state index contributed by atoms with van der Waals surface area (Å²) in [6, 6.07) is 16.7. The lowest BCUT2D eigenvalue weighted by Crippen LogP contribution is -1.89. The molecule has 7 aromatic heterocycles. The molecular formula is C38H26N12. The Hall–Kier alpha value is -7.34. The standard InChI is InChI=1S/C38H26N12/c1-2-21(10-22(3-1)31-13-39-17-43-31)25-12-24-11-23-4-5-26(47-23)35(32-14-40-18-44-32)27-6-7-28(49-27)36(33-15-41-19-45-33)29-8-9-30(50-29)37(38(25)48-24)34-16-42-20-46-34/h1-20,48-49H,(H,39,43)(H,40,44)(H,41,45)(H,42,46). The quantitative estimate of drug-likeness (QED) is 0.111. The third-order valence-electron chi connectivity index (χ3n) is 8.92. The van der Waals surface area contributed by atoms with E-state index in [1.807, 2.05) is 61.2 Å². The number of hydrogen-bond acceptors (Lipinski definition) is 6. The second-order valence-electron chi connectivity index (χ2n) is 11.9. The summed E-state index contributed by atoms with van der Waals surface area (Å²) in [5, 5.41) is 0. The van der Waals surface area contributed by atoms with E-state index in [-0.39, 0.29) is 0 Å². The third-order valence-corrected chi connectivity index (χ3v) is 8.92. The summed E-state index contributed by atoms with van der Waals surface area (Å²) in [5.41, 5.74) is 15.3. The molecule has 0 saturated heterocycles. The number of fused-ring (bicyclic) bond motifs is 8. The molecule has 0 radical (unpaired) electrons. The van der Waals surface area contributed by atoms with E-state index in [0.717, 1.165) is 101 Å². The number of benzene rings is 1. The molecule has 1 aromatic carbocycles. The normalized spacial score (nSPS) is 12.2. The van der Waals surface area contributed by atoms with Gasteiger partial charge in [0.25, 0.3) is 0 Å². The Balaban J connectivity index is 1.36. The van der Waals surface area contributed by atoms with Crippen LogP contribution in [0, 0.1) is 0 Å². The van der Waals surface area contributed by atoms with Crippen LogP contribution in [0.4, 0.5) is 0 Å². The maximum atomic E-state index is 5.27. The monoisotopic (exact) mass is 650 g/mol. The fourth-order valence-corrected chi connectivity index (χ4v) is 6.72. The zero-order valence-electron chi connectivity index (χ0n) is 26.2. The second kappa shape index (κ2) is 11.1. The highest BCUT2D eigenvalue weighted by Gasteiger charge is 2.20. The molecule has 0 saturated carbocycles. The van der Waals surface area contributed by atoms with Crippen LogP contribution in [0.2, 0.25) is 0 Å². The van der Waals surface area contributed by atoms with Crippen LogP contribution in [0.25, 0.3) is 103 Å². The van der Waals surface area contributed by atoms with Gasteiger partial charge in [0.05, 0.1) is 104 Å². The molecular weight excluding hydrogens is 625 g/mol. The molecule has 6 N–H and O–H groups in total. The summed E-state index contributed by atoms with van der Waals surface area (Å²) < 4.78 is 0. The van der Waals surface area contributed by atoms with Crippen molar-refractivity contribution in [2.24, 2.45) is 0 Å². The lowest BCUT2D eigenvalue weighted by Gasteiger charge is -2.06. The molecule has 2 aliphatic rings. The number of H-pyrrole nitrogens is 6. The zero-order chi connectivity index (χ0) is 33.0. The molecule has 8 bridgehead atoms. The zero-order valence-corrected chi connectivity index (χ0v) is 26.2. The van der Waals surface area contributed by atoms with Crippen LogP contribution in [-0.4, -0.2) is 59.8 Å². The maximum Gasteiger partial charge on any atom is 0.0927 e. The van der Waals surface area contributed by atoms with Gasteiger partial charge in [0.2, 0.25) is 0 Å². The van der Waals surface area contributed by atoms with Crippen LogP contribution < -0.4 is 0 Å². The molecule has 0 spiro atoms. The van der Waals surface area contributed by atoms with E-state index < -0.39 is 0 Å². The van der Waals surface area contributed by atoms with Gasteiger partial charge in [0.15, 0.2) is 0 Å². The van der Waals surface area contributed by atoms with Crippen LogP contribution in [0.5, 0.6) is 0 Å². The van der Waals surface area contributed by atoms with E-state index in [1.54, 1.807) is 25.3 Å². The van der Waals surface area contributed by atoms with Gasteiger partial charge < -0.3 is 29.9 Å². The Morgan fingerprint density at radius 3 is 1.66 bits per heavy atom. The Kier molecular flexibility index (Phi) is 6.18. The predicted molar refractivity (Wildman–Crippen MR) is 195 cm³/mol. The molecule has 0 amide bonds. The first-order valence-corrected chi connectivity index (χ1v) is 16.0. The van der Waals surface area contributed by atoms with Crippen molar-refractivity contribution in [3.05, 3.63) is 121 Å². The van der Waals surface area contributed by atoms with Gasteiger partial charge in [-0.2, -0.15) is 0 Å². The molecule has 12 nitrogen and oxygen atoms in total. The Labute approximate surface area is 283 Å². The Morgan fingerprint density at radius 1 is 0.460 bits per heavy atom. The second-order valence-corrected chi connectivity index (χ2v) is 11.9. The number of aromatic nitrogens is 12. The van der Waals surface area contributed by atoms with E-state index in [2.05, 4.69) is 81.3 Å². The predicted octanol–water partition coefficient (Wildman–Crippen LogP) is 7.88. The van der Waals surface area contributed by atoms with Crippen LogP contribution >= 0.6 is 0 Å². The first kappa shape index (κ1) is 27.7. The maximum absolute atomic E-state index is 5.27. The average Bonchev–Trinajstić information content (AvgIpc) is 3.99. The largest absolute Gasteiger partial charge is 0.354 e. The van der Waals surface area contributed by atoms with Crippen LogP contribution in [0.1, 0.15) is 22.8 Å². The number of imidazole rings is 4. The molecule has 0 unspecified atom stereocenters. The van der Waals surface area contributed by atoms with Gasteiger partial charge in [0.1, 0.15) is 0 Å². The molecule has 8 aromatic rings. The topological polar surface area (TPSA) is 172 Å². The van der Waals surface area contributed by atoms with Gasteiger partial charge in [-0.25, -0.2) is 29.9 Å². The van der Waals surface area contributed by atoms with E-state index in [9.17, 15) is 0 Å². The number of nitrogens with zero attached hydrogens (tertiary/aromatic N) is 6. The third kappa shape index (κ3) is 4.62. The van der Waals surface area contributed by atoms with Crippen molar-refractivity contribution in [2.45, 2.75) is 0 Å². The number of hydrogen-bond donors (Lipinski definition) is 6. The lowest BCUT2D eigenvalue weighted by atomic mass is 10.00. The summed E-state index contributed by atoms with van der Waals surface area (Å²) in [6.07, 6.45) is 22.4. The first-order valence-electron chi connectivity index (χ1n) is 16.0. The molecule has 10 rings (SSSR count). The summed E-state index contributed by atoms with van der Waals surface area (Å²) in [5.74, 6) is 0. The molecule has 50 heavy (non-hydrogen) atoms. The van der Waals surface area contributed by atoms with Crippen LogP contribution in [0.15, 0.2) is 98.6 Å². The average molecular weight is 651 g/mol. The minimum absolute atomic E-state index is 0.754. The van der Waals surface area contributed by atoms with Gasteiger partial charge in [0, 0.05) is 41.4 Å². The highest BCUT2D eigenvalue weighted by molar-refractivity contribution is 6.01. The SMILES string of the molecule is C1=Cc2nc1cc1cc(-c3cccc(-c4c[nH]cn4)c3)c([nH]1)c(-c1c[nH]cn1)c1nc(c(-c3c[nH]cn3)c3ccc([nH]3)c2-c2c[nH]cn2)C=C1. The van der Waals surface area contributed by atoms with Crippen molar-refractivity contribution >= 4 is 46.4 Å². The van der Waals surface area contributed by atoms with Gasteiger partial charge in [-0.15, -0.1) is 0 Å².